The van der Waals surface area contributed by atoms with E-state index >= 15 is 0 Å². The first kappa shape index (κ1) is 15.4. The van der Waals surface area contributed by atoms with Crippen LogP contribution in [0.15, 0.2) is 0 Å². The predicted octanol–water partition coefficient (Wildman–Crippen LogP) is 1.42. The van der Waals surface area contributed by atoms with Crippen LogP contribution >= 0.6 is 0 Å². The lowest BCUT2D eigenvalue weighted by molar-refractivity contribution is -0.126. The van der Waals surface area contributed by atoms with Gasteiger partial charge in [0.2, 0.25) is 5.91 Å². The molecule has 0 aliphatic heterocycles. The first-order valence-electron chi connectivity index (χ1n) is 6.93. The van der Waals surface area contributed by atoms with Crippen molar-refractivity contribution in [2.45, 2.75) is 58.9 Å². The quantitative estimate of drug-likeness (QED) is 0.673. The third-order valence-electron chi connectivity index (χ3n) is 4.18. The topological polar surface area (TPSA) is 75.3 Å². The minimum atomic E-state index is -0.0338. The maximum Gasteiger partial charge on any atom is 0.220 e. The lowest BCUT2D eigenvalue weighted by Gasteiger charge is -2.41. The van der Waals surface area contributed by atoms with Crippen LogP contribution in [0, 0.1) is 10.8 Å². The number of carbonyl (C=O) groups excluding carboxylic acids is 1. The summed E-state index contributed by atoms with van der Waals surface area (Å²) in [6.07, 6.45) is 4.45. The predicted molar refractivity (Wildman–Crippen MR) is 73.0 cm³/mol. The van der Waals surface area contributed by atoms with E-state index < -0.39 is 0 Å². The molecular formula is C14H28N2O2. The van der Waals surface area contributed by atoms with Gasteiger partial charge in [-0.2, -0.15) is 0 Å². The fraction of sp³-hybridized carbons (Fsp3) is 0.929. The van der Waals surface area contributed by atoms with Crippen LogP contribution in [0.4, 0.5) is 0 Å². The number of hydrogen-bond acceptors (Lipinski definition) is 3. The summed E-state index contributed by atoms with van der Waals surface area (Å²) in [5.41, 5.74) is 5.79. The van der Waals surface area contributed by atoms with Gasteiger partial charge in [-0.05, 0) is 36.6 Å². The molecule has 0 radical (unpaired) electrons. The summed E-state index contributed by atoms with van der Waals surface area (Å²) in [6.45, 7) is 6.94. The highest BCUT2D eigenvalue weighted by molar-refractivity contribution is 5.77. The molecule has 1 atom stereocenters. The maximum absolute atomic E-state index is 12.1. The highest BCUT2D eigenvalue weighted by Crippen LogP contribution is 2.42. The van der Waals surface area contributed by atoms with Gasteiger partial charge in [0.05, 0.1) is 0 Å². The molecule has 4 heteroatoms. The van der Waals surface area contributed by atoms with Crippen molar-refractivity contribution < 1.29 is 9.90 Å². The van der Waals surface area contributed by atoms with E-state index in [2.05, 4.69) is 26.1 Å². The summed E-state index contributed by atoms with van der Waals surface area (Å²) in [5.74, 6) is 0.0773. The Morgan fingerprint density at radius 3 is 2.39 bits per heavy atom. The van der Waals surface area contributed by atoms with Crippen LogP contribution < -0.4 is 11.1 Å². The second-order valence-corrected chi connectivity index (χ2v) is 6.73. The molecule has 0 saturated heterocycles. The summed E-state index contributed by atoms with van der Waals surface area (Å²) in [6, 6.07) is 0.0184. The maximum atomic E-state index is 12.1. The Morgan fingerprint density at radius 1 is 1.44 bits per heavy atom. The Hall–Kier alpha value is -0.610. The highest BCUT2D eigenvalue weighted by atomic mass is 16.3. The first-order valence-corrected chi connectivity index (χ1v) is 6.93. The Morgan fingerprint density at radius 2 is 2.06 bits per heavy atom. The van der Waals surface area contributed by atoms with Gasteiger partial charge in [-0.3, -0.25) is 4.79 Å². The summed E-state index contributed by atoms with van der Waals surface area (Å²) >= 11 is 0. The molecule has 0 heterocycles. The van der Waals surface area contributed by atoms with Crippen LogP contribution in [0.2, 0.25) is 0 Å². The van der Waals surface area contributed by atoms with E-state index in [-0.39, 0.29) is 29.4 Å². The molecule has 0 aromatic rings. The molecule has 0 aromatic carbocycles. The molecule has 4 N–H and O–H groups in total. The summed E-state index contributed by atoms with van der Waals surface area (Å²) in [4.78, 5) is 12.1. The molecule has 0 bridgehead atoms. The van der Waals surface area contributed by atoms with Crippen molar-refractivity contribution in [3.05, 3.63) is 0 Å². The summed E-state index contributed by atoms with van der Waals surface area (Å²) in [7, 11) is 0. The molecule has 1 fully saturated rings. The number of carbonyl (C=O) groups is 1. The van der Waals surface area contributed by atoms with Crippen LogP contribution in [-0.4, -0.2) is 30.2 Å². The van der Waals surface area contributed by atoms with Crippen LogP contribution in [0.25, 0.3) is 0 Å². The van der Waals surface area contributed by atoms with Crippen molar-refractivity contribution >= 4 is 5.91 Å². The average Bonchev–Trinajstić information content (AvgIpc) is 2.21. The largest absolute Gasteiger partial charge is 0.396 e. The van der Waals surface area contributed by atoms with Crippen LogP contribution in [0.3, 0.4) is 0 Å². The lowest BCUT2D eigenvalue weighted by Crippen LogP contribution is -2.48. The molecule has 1 amide bonds. The van der Waals surface area contributed by atoms with Crippen molar-refractivity contribution in [1.29, 1.82) is 0 Å². The standard InChI is InChI=1S/C14H28N2O2/c1-13(2,3)11(5-8-17)16-12(18)9-14(10-15)6-4-7-14/h11,17H,4-10,15H2,1-3H3,(H,16,18). The van der Waals surface area contributed by atoms with E-state index in [0.717, 1.165) is 12.8 Å². The second-order valence-electron chi connectivity index (χ2n) is 6.73. The molecule has 106 valence electrons. The Kier molecular flexibility index (Phi) is 5.17. The summed E-state index contributed by atoms with van der Waals surface area (Å²) in [5, 5.41) is 12.1. The van der Waals surface area contributed by atoms with E-state index in [9.17, 15) is 4.79 Å². The number of aliphatic hydroxyl groups is 1. The average molecular weight is 256 g/mol. The van der Waals surface area contributed by atoms with Gasteiger partial charge in [0.25, 0.3) is 0 Å². The molecule has 0 spiro atoms. The van der Waals surface area contributed by atoms with Gasteiger partial charge in [-0.25, -0.2) is 0 Å². The van der Waals surface area contributed by atoms with Gasteiger partial charge in [0, 0.05) is 19.1 Å². The van der Waals surface area contributed by atoms with Crippen molar-refractivity contribution in [1.82, 2.24) is 5.32 Å². The highest BCUT2D eigenvalue weighted by Gasteiger charge is 2.38. The zero-order valence-corrected chi connectivity index (χ0v) is 12.0. The third kappa shape index (κ3) is 3.95. The Bertz CT molecular complexity index is 274. The minimum Gasteiger partial charge on any atom is -0.396 e. The first-order chi connectivity index (χ1) is 8.33. The van der Waals surface area contributed by atoms with Gasteiger partial charge in [-0.15, -0.1) is 0 Å². The molecule has 1 saturated carbocycles. The lowest BCUT2D eigenvalue weighted by atomic mass is 9.66. The second kappa shape index (κ2) is 6.02. The van der Waals surface area contributed by atoms with Crippen LogP contribution in [0.1, 0.15) is 52.9 Å². The minimum absolute atomic E-state index is 0.0184. The van der Waals surface area contributed by atoms with Gasteiger partial charge in [0.15, 0.2) is 0 Å². The van der Waals surface area contributed by atoms with E-state index in [4.69, 9.17) is 10.8 Å². The Labute approximate surface area is 110 Å². The molecule has 1 aliphatic rings. The molecular weight excluding hydrogens is 228 g/mol. The molecule has 0 aromatic heterocycles. The van der Waals surface area contributed by atoms with Crippen LogP contribution in [0.5, 0.6) is 0 Å². The van der Waals surface area contributed by atoms with Crippen molar-refractivity contribution in [3.8, 4) is 0 Å². The number of aliphatic hydroxyl groups excluding tert-OH is 1. The molecule has 18 heavy (non-hydrogen) atoms. The van der Waals surface area contributed by atoms with Crippen molar-refractivity contribution in [2.75, 3.05) is 13.2 Å². The van der Waals surface area contributed by atoms with Gasteiger partial charge in [-0.1, -0.05) is 27.2 Å². The molecule has 1 rings (SSSR count). The van der Waals surface area contributed by atoms with E-state index in [1.165, 1.54) is 6.42 Å². The normalized spacial score (nSPS) is 20.1. The van der Waals surface area contributed by atoms with Gasteiger partial charge < -0.3 is 16.2 Å². The van der Waals surface area contributed by atoms with Crippen molar-refractivity contribution in [2.24, 2.45) is 16.6 Å². The van der Waals surface area contributed by atoms with E-state index in [1.54, 1.807) is 0 Å². The van der Waals surface area contributed by atoms with Gasteiger partial charge >= 0.3 is 0 Å². The fourth-order valence-corrected chi connectivity index (χ4v) is 2.57. The number of nitrogens with one attached hydrogen (secondary N) is 1. The third-order valence-corrected chi connectivity index (χ3v) is 4.18. The summed E-state index contributed by atoms with van der Waals surface area (Å²) < 4.78 is 0. The monoisotopic (exact) mass is 256 g/mol. The SMILES string of the molecule is CC(C)(C)C(CCO)NC(=O)CC1(CN)CCC1. The van der Waals surface area contributed by atoms with Crippen molar-refractivity contribution in [3.63, 3.8) is 0 Å². The number of nitrogens with two attached hydrogens (primary N) is 1. The molecule has 1 unspecified atom stereocenters. The van der Waals surface area contributed by atoms with E-state index in [1.807, 2.05) is 0 Å². The number of amides is 1. The fourth-order valence-electron chi connectivity index (χ4n) is 2.57. The van der Waals surface area contributed by atoms with Gasteiger partial charge in [0.1, 0.15) is 0 Å². The van der Waals surface area contributed by atoms with E-state index in [0.29, 0.717) is 19.4 Å². The Balaban J connectivity index is 2.51. The number of hydrogen-bond donors (Lipinski definition) is 3. The smallest absolute Gasteiger partial charge is 0.220 e. The molecule has 1 aliphatic carbocycles. The van der Waals surface area contributed by atoms with Crippen LogP contribution in [-0.2, 0) is 4.79 Å². The zero-order valence-electron chi connectivity index (χ0n) is 12.0. The zero-order chi connectivity index (χ0) is 13.8. The number of rotatable bonds is 6. The molecule has 4 nitrogen and oxygen atoms in total.